The van der Waals surface area contributed by atoms with Crippen molar-refractivity contribution in [1.82, 2.24) is 14.5 Å². The minimum Gasteiger partial charge on any atom is -0.357 e. The fourth-order valence-electron chi connectivity index (χ4n) is 2.48. The highest BCUT2D eigenvalue weighted by Gasteiger charge is 2.18. The molecular weight excluding hydrogens is 300 g/mol. The lowest BCUT2D eigenvalue weighted by Crippen LogP contribution is -2.45. The highest BCUT2D eigenvalue weighted by Crippen LogP contribution is 2.15. The lowest BCUT2D eigenvalue weighted by molar-refractivity contribution is 0.273. The van der Waals surface area contributed by atoms with Crippen LogP contribution in [0.2, 0.25) is 0 Å². The van der Waals surface area contributed by atoms with Gasteiger partial charge < -0.3 is 10.2 Å². The van der Waals surface area contributed by atoms with Crippen LogP contribution in [-0.2, 0) is 10.0 Å². The summed E-state index contributed by atoms with van der Waals surface area (Å²) < 4.78 is 24.8. The number of sulfonamides is 1. The van der Waals surface area contributed by atoms with E-state index >= 15 is 0 Å². The Morgan fingerprint density at radius 3 is 2.50 bits per heavy atom. The standard InChI is InChI=1S/C15H32N4O2S/c1-5-16-15(19-12-8-14(3)9-13-19)17-10-7-11-18(4)22(20,21)6-2/h14H,5-13H2,1-4H3,(H,16,17). The third-order valence-electron chi connectivity index (χ3n) is 4.15. The molecule has 1 heterocycles. The van der Waals surface area contributed by atoms with Gasteiger partial charge in [-0.15, -0.1) is 0 Å². The zero-order valence-corrected chi connectivity index (χ0v) is 15.3. The molecule has 0 unspecified atom stereocenters. The lowest BCUT2D eigenvalue weighted by Gasteiger charge is -2.33. The highest BCUT2D eigenvalue weighted by atomic mass is 32.2. The quantitative estimate of drug-likeness (QED) is 0.434. The molecule has 1 aliphatic heterocycles. The van der Waals surface area contributed by atoms with Gasteiger partial charge in [0.2, 0.25) is 10.0 Å². The number of guanidine groups is 1. The number of hydrogen-bond acceptors (Lipinski definition) is 3. The number of nitrogens with one attached hydrogen (secondary N) is 1. The molecule has 1 fully saturated rings. The van der Waals surface area contributed by atoms with Gasteiger partial charge in [-0.2, -0.15) is 0 Å². The van der Waals surface area contributed by atoms with Crippen LogP contribution in [0.3, 0.4) is 0 Å². The molecule has 7 heteroatoms. The molecule has 6 nitrogen and oxygen atoms in total. The van der Waals surface area contributed by atoms with Crippen molar-refractivity contribution in [3.05, 3.63) is 0 Å². The van der Waals surface area contributed by atoms with Crippen molar-refractivity contribution in [1.29, 1.82) is 0 Å². The smallest absolute Gasteiger partial charge is 0.213 e. The predicted molar refractivity (Wildman–Crippen MR) is 92.7 cm³/mol. The van der Waals surface area contributed by atoms with Crippen molar-refractivity contribution in [3.8, 4) is 0 Å². The van der Waals surface area contributed by atoms with Crippen LogP contribution in [0, 0.1) is 5.92 Å². The van der Waals surface area contributed by atoms with Crippen LogP contribution < -0.4 is 5.32 Å². The first-order valence-corrected chi connectivity index (χ1v) is 9.98. The van der Waals surface area contributed by atoms with Gasteiger partial charge in [-0.25, -0.2) is 12.7 Å². The second kappa shape index (κ2) is 9.35. The molecule has 0 amide bonds. The maximum absolute atomic E-state index is 11.7. The molecule has 0 aromatic heterocycles. The first-order chi connectivity index (χ1) is 10.4. The SMILES string of the molecule is CCNC(=NCCCN(C)S(=O)(=O)CC)N1CCC(C)CC1. The van der Waals surface area contributed by atoms with Crippen molar-refractivity contribution in [2.45, 2.75) is 40.0 Å². The topological polar surface area (TPSA) is 65.0 Å². The van der Waals surface area contributed by atoms with Gasteiger partial charge in [0.15, 0.2) is 5.96 Å². The fourth-order valence-corrected chi connectivity index (χ4v) is 3.33. The molecule has 0 aliphatic carbocycles. The first kappa shape index (κ1) is 19.2. The van der Waals surface area contributed by atoms with Gasteiger partial charge in [0.25, 0.3) is 0 Å². The minimum atomic E-state index is -3.08. The molecule has 0 aromatic rings. The maximum Gasteiger partial charge on any atom is 0.213 e. The second-order valence-electron chi connectivity index (χ2n) is 5.98. The van der Waals surface area contributed by atoms with Crippen molar-refractivity contribution in [2.75, 3.05) is 45.5 Å². The Morgan fingerprint density at radius 1 is 1.32 bits per heavy atom. The zero-order chi connectivity index (χ0) is 16.6. The summed E-state index contributed by atoms with van der Waals surface area (Å²) in [4.78, 5) is 6.97. The third-order valence-corrected chi connectivity index (χ3v) is 6.01. The number of hydrogen-bond donors (Lipinski definition) is 1. The Balaban J connectivity index is 2.46. The Hall–Kier alpha value is -0.820. The van der Waals surface area contributed by atoms with E-state index in [1.54, 1.807) is 14.0 Å². The summed E-state index contributed by atoms with van der Waals surface area (Å²) >= 11 is 0. The van der Waals surface area contributed by atoms with E-state index in [-0.39, 0.29) is 5.75 Å². The van der Waals surface area contributed by atoms with Gasteiger partial charge in [0.05, 0.1) is 5.75 Å². The molecule has 0 radical (unpaired) electrons. The summed E-state index contributed by atoms with van der Waals surface area (Å²) in [5.41, 5.74) is 0. The fraction of sp³-hybridized carbons (Fsp3) is 0.933. The van der Waals surface area contributed by atoms with Crippen LogP contribution in [0.1, 0.15) is 40.0 Å². The molecule has 1 aliphatic rings. The molecule has 0 spiro atoms. The van der Waals surface area contributed by atoms with E-state index in [2.05, 4.69) is 29.1 Å². The molecule has 22 heavy (non-hydrogen) atoms. The maximum atomic E-state index is 11.7. The predicted octanol–water partition coefficient (Wildman–Crippen LogP) is 1.36. The molecule has 1 rings (SSSR count). The van der Waals surface area contributed by atoms with Gasteiger partial charge in [-0.05, 0) is 39.0 Å². The van der Waals surface area contributed by atoms with Crippen LogP contribution in [-0.4, -0.2) is 69.1 Å². The molecular formula is C15H32N4O2S. The monoisotopic (exact) mass is 332 g/mol. The first-order valence-electron chi connectivity index (χ1n) is 8.38. The van der Waals surface area contributed by atoms with Crippen LogP contribution in [0.15, 0.2) is 4.99 Å². The average Bonchev–Trinajstić information content (AvgIpc) is 2.51. The van der Waals surface area contributed by atoms with Crippen LogP contribution >= 0.6 is 0 Å². The van der Waals surface area contributed by atoms with Gasteiger partial charge in [-0.1, -0.05) is 6.92 Å². The van der Waals surface area contributed by atoms with Gasteiger partial charge in [-0.3, -0.25) is 4.99 Å². The molecule has 0 atom stereocenters. The van der Waals surface area contributed by atoms with E-state index in [0.29, 0.717) is 13.1 Å². The Bertz CT molecular complexity index is 442. The summed E-state index contributed by atoms with van der Waals surface area (Å²) in [7, 11) is -1.44. The van der Waals surface area contributed by atoms with Crippen molar-refractivity contribution in [3.63, 3.8) is 0 Å². The average molecular weight is 333 g/mol. The number of rotatable bonds is 7. The molecule has 1 N–H and O–H groups in total. The number of piperidine rings is 1. The van der Waals surface area contributed by atoms with E-state index in [1.165, 1.54) is 17.1 Å². The second-order valence-corrected chi connectivity index (χ2v) is 8.35. The normalized spacial score (nSPS) is 18.0. The Kier molecular flexibility index (Phi) is 8.17. The van der Waals surface area contributed by atoms with Gasteiger partial charge >= 0.3 is 0 Å². The van der Waals surface area contributed by atoms with Crippen LogP contribution in [0.25, 0.3) is 0 Å². The lowest BCUT2D eigenvalue weighted by atomic mass is 10.00. The summed E-state index contributed by atoms with van der Waals surface area (Å²) in [6.45, 7) is 10.2. The Morgan fingerprint density at radius 2 is 1.95 bits per heavy atom. The summed E-state index contributed by atoms with van der Waals surface area (Å²) in [5, 5.41) is 3.34. The van der Waals surface area contributed by atoms with Crippen LogP contribution in [0.5, 0.6) is 0 Å². The molecule has 0 bridgehead atoms. The largest absolute Gasteiger partial charge is 0.357 e. The summed E-state index contributed by atoms with van der Waals surface area (Å²) in [6.07, 6.45) is 3.17. The van der Waals surface area contributed by atoms with Gasteiger partial charge in [0.1, 0.15) is 0 Å². The molecule has 130 valence electrons. The van der Waals surface area contributed by atoms with E-state index in [0.717, 1.165) is 37.9 Å². The highest BCUT2D eigenvalue weighted by molar-refractivity contribution is 7.89. The third kappa shape index (κ3) is 6.12. The molecule has 0 saturated carbocycles. The number of aliphatic imine (C=N–C) groups is 1. The van der Waals surface area contributed by atoms with E-state index in [1.807, 2.05) is 0 Å². The Labute approximate surface area is 136 Å². The minimum absolute atomic E-state index is 0.154. The molecule has 1 saturated heterocycles. The number of likely N-dealkylation sites (tertiary alicyclic amines) is 1. The zero-order valence-electron chi connectivity index (χ0n) is 14.5. The summed E-state index contributed by atoms with van der Waals surface area (Å²) in [5.74, 6) is 1.92. The number of nitrogens with zero attached hydrogens (tertiary/aromatic N) is 3. The van der Waals surface area contributed by atoms with Crippen molar-refractivity contribution in [2.24, 2.45) is 10.9 Å². The van der Waals surface area contributed by atoms with E-state index in [9.17, 15) is 8.42 Å². The van der Waals surface area contributed by atoms with Crippen molar-refractivity contribution < 1.29 is 8.42 Å². The van der Waals surface area contributed by atoms with E-state index < -0.39 is 10.0 Å². The van der Waals surface area contributed by atoms with Crippen LogP contribution in [0.4, 0.5) is 0 Å². The van der Waals surface area contributed by atoms with Gasteiger partial charge in [0, 0.05) is 39.8 Å². The molecule has 0 aromatic carbocycles. The van der Waals surface area contributed by atoms with E-state index in [4.69, 9.17) is 0 Å². The summed E-state index contributed by atoms with van der Waals surface area (Å²) in [6, 6.07) is 0. The van der Waals surface area contributed by atoms with Crippen molar-refractivity contribution >= 4 is 16.0 Å².